The van der Waals surface area contributed by atoms with E-state index in [1.807, 2.05) is 44.4 Å². The first-order valence-corrected chi connectivity index (χ1v) is 9.48. The van der Waals surface area contributed by atoms with Crippen LogP contribution in [-0.4, -0.2) is 43.5 Å². The van der Waals surface area contributed by atoms with E-state index in [0.717, 1.165) is 16.9 Å². The molecule has 0 saturated carbocycles. The van der Waals surface area contributed by atoms with E-state index in [0.29, 0.717) is 24.2 Å². The number of aryl methyl sites for hydroxylation is 1. The Kier molecular flexibility index (Phi) is 7.57. The number of H-pyrrole nitrogens is 1. The van der Waals surface area contributed by atoms with E-state index in [1.165, 1.54) is 0 Å². The van der Waals surface area contributed by atoms with Crippen molar-refractivity contribution < 1.29 is 9.53 Å². The number of pyridine rings is 1. The van der Waals surface area contributed by atoms with Crippen molar-refractivity contribution >= 4 is 5.91 Å². The molecule has 7 nitrogen and oxygen atoms in total. The van der Waals surface area contributed by atoms with E-state index < -0.39 is 0 Å². The number of nitriles is 1. The molecule has 2 aromatic rings. The van der Waals surface area contributed by atoms with E-state index in [1.54, 1.807) is 21.0 Å². The zero-order valence-corrected chi connectivity index (χ0v) is 17.6. The Morgan fingerprint density at radius 3 is 2.48 bits per heavy atom. The lowest BCUT2D eigenvalue weighted by atomic mass is 9.99. The molecule has 0 fully saturated rings. The van der Waals surface area contributed by atoms with Crippen LogP contribution in [0, 0.1) is 25.2 Å². The van der Waals surface area contributed by atoms with Crippen LogP contribution in [0.15, 0.2) is 29.1 Å². The monoisotopic (exact) mass is 396 g/mol. The van der Waals surface area contributed by atoms with Gasteiger partial charge in [-0.3, -0.25) is 9.59 Å². The Labute approximate surface area is 171 Å². The predicted octanol–water partition coefficient (Wildman–Crippen LogP) is 2.22. The van der Waals surface area contributed by atoms with Crippen molar-refractivity contribution in [2.45, 2.75) is 32.7 Å². The second-order valence-electron chi connectivity index (χ2n) is 7.23. The van der Waals surface area contributed by atoms with Gasteiger partial charge >= 0.3 is 0 Å². The summed E-state index contributed by atoms with van der Waals surface area (Å²) in [6.07, 6.45) is 0.742. The normalized spacial score (nSPS) is 11.8. The van der Waals surface area contributed by atoms with Gasteiger partial charge in [0.05, 0.1) is 13.2 Å². The van der Waals surface area contributed by atoms with Crippen LogP contribution < -0.4 is 15.6 Å². The molecule has 154 valence electrons. The molecule has 0 saturated heterocycles. The molecule has 29 heavy (non-hydrogen) atoms. The van der Waals surface area contributed by atoms with Crippen LogP contribution in [0.5, 0.6) is 5.75 Å². The summed E-state index contributed by atoms with van der Waals surface area (Å²) in [5.74, 6) is 0.715. The molecule has 0 bridgehead atoms. The third-order valence-corrected chi connectivity index (χ3v) is 5.14. The van der Waals surface area contributed by atoms with E-state index in [9.17, 15) is 9.59 Å². The highest BCUT2D eigenvalue weighted by molar-refractivity contribution is 5.76. The smallest absolute Gasteiger partial charge is 0.266 e. The summed E-state index contributed by atoms with van der Waals surface area (Å²) in [7, 11) is 5.57. The topological polar surface area (TPSA) is 98.2 Å². The number of carbonyl (C=O) groups is 1. The number of rotatable bonds is 8. The molecule has 1 amide bonds. The Morgan fingerprint density at radius 1 is 1.28 bits per heavy atom. The number of nitrogens with zero attached hydrogens (tertiary/aromatic N) is 2. The zero-order chi connectivity index (χ0) is 21.6. The first-order chi connectivity index (χ1) is 13.8. The van der Waals surface area contributed by atoms with Crippen molar-refractivity contribution in [2.75, 3.05) is 27.7 Å². The van der Waals surface area contributed by atoms with Crippen LogP contribution in [-0.2, 0) is 11.2 Å². The predicted molar refractivity (Wildman–Crippen MR) is 112 cm³/mol. The van der Waals surface area contributed by atoms with E-state index >= 15 is 0 Å². The Hall–Kier alpha value is -3.11. The fraction of sp³-hybridized carbons (Fsp3) is 0.409. The van der Waals surface area contributed by atoms with Crippen molar-refractivity contribution in [1.82, 2.24) is 15.2 Å². The summed E-state index contributed by atoms with van der Waals surface area (Å²) < 4.78 is 5.20. The average molecular weight is 396 g/mol. The standard InChI is InChI=1S/C22H28N4O3/c1-14-18(15(2)25-22(28)19(14)12-23)10-11-21(27)24-13-20(26(3)4)16-6-8-17(29-5)9-7-16/h6-9,20H,10-11,13H2,1-5H3,(H,24,27)(H,25,28). The molecule has 1 aromatic carbocycles. The molecular formula is C22H28N4O3. The second kappa shape index (κ2) is 9.89. The average Bonchev–Trinajstić information content (AvgIpc) is 2.68. The third-order valence-electron chi connectivity index (χ3n) is 5.14. The zero-order valence-electron chi connectivity index (χ0n) is 17.6. The van der Waals surface area contributed by atoms with Crippen LogP contribution in [0.1, 0.15) is 40.4 Å². The molecule has 0 aliphatic carbocycles. The van der Waals surface area contributed by atoms with Gasteiger partial charge in [-0.25, -0.2) is 0 Å². The molecule has 0 spiro atoms. The van der Waals surface area contributed by atoms with Crippen LogP contribution in [0.25, 0.3) is 0 Å². The van der Waals surface area contributed by atoms with E-state index in [2.05, 4.69) is 15.2 Å². The molecule has 1 atom stereocenters. The molecule has 2 N–H and O–H groups in total. The van der Waals surface area contributed by atoms with Gasteiger partial charge in [-0.1, -0.05) is 12.1 Å². The Bertz CT molecular complexity index is 956. The molecule has 2 rings (SSSR count). The lowest BCUT2D eigenvalue weighted by Crippen LogP contribution is -2.34. The second-order valence-corrected chi connectivity index (χ2v) is 7.23. The molecule has 7 heteroatoms. The highest BCUT2D eigenvalue weighted by atomic mass is 16.5. The number of methoxy groups -OCH3 is 1. The largest absolute Gasteiger partial charge is 0.497 e. The Morgan fingerprint density at radius 2 is 1.93 bits per heavy atom. The summed E-state index contributed by atoms with van der Waals surface area (Å²) in [5, 5.41) is 12.2. The molecule has 1 aromatic heterocycles. The lowest BCUT2D eigenvalue weighted by molar-refractivity contribution is -0.121. The lowest BCUT2D eigenvalue weighted by Gasteiger charge is -2.25. The minimum atomic E-state index is -0.385. The fourth-order valence-electron chi connectivity index (χ4n) is 3.38. The number of aromatic amines is 1. The summed E-state index contributed by atoms with van der Waals surface area (Å²) in [4.78, 5) is 29.0. The van der Waals surface area contributed by atoms with Gasteiger partial charge < -0.3 is 19.9 Å². The molecule has 1 unspecified atom stereocenters. The van der Waals surface area contributed by atoms with Crippen LogP contribution in [0.3, 0.4) is 0 Å². The highest BCUT2D eigenvalue weighted by Crippen LogP contribution is 2.21. The summed E-state index contributed by atoms with van der Waals surface area (Å²) in [6, 6.07) is 9.77. The van der Waals surface area contributed by atoms with Crippen molar-refractivity contribution in [3.05, 3.63) is 62.6 Å². The van der Waals surface area contributed by atoms with Gasteiger partial charge in [-0.15, -0.1) is 0 Å². The number of ether oxygens (including phenoxy) is 1. The van der Waals surface area contributed by atoms with E-state index in [4.69, 9.17) is 10.00 Å². The maximum Gasteiger partial charge on any atom is 0.266 e. The quantitative estimate of drug-likeness (QED) is 0.713. The molecule has 0 aliphatic heterocycles. The minimum Gasteiger partial charge on any atom is -0.497 e. The van der Waals surface area contributed by atoms with Crippen LogP contribution in [0.2, 0.25) is 0 Å². The number of carbonyl (C=O) groups excluding carboxylic acids is 1. The summed E-state index contributed by atoms with van der Waals surface area (Å²) >= 11 is 0. The fourth-order valence-corrected chi connectivity index (χ4v) is 3.38. The molecule has 1 heterocycles. The number of likely N-dealkylation sites (N-methyl/N-ethyl adjacent to an activating group) is 1. The minimum absolute atomic E-state index is 0.0339. The van der Waals surface area contributed by atoms with Gasteiger partial charge in [-0.2, -0.15) is 5.26 Å². The van der Waals surface area contributed by atoms with Gasteiger partial charge in [0.15, 0.2) is 0 Å². The molecule has 0 radical (unpaired) electrons. The van der Waals surface area contributed by atoms with Crippen molar-refractivity contribution in [1.29, 1.82) is 5.26 Å². The number of hydrogen-bond donors (Lipinski definition) is 2. The number of hydrogen-bond acceptors (Lipinski definition) is 5. The number of nitrogens with one attached hydrogen (secondary N) is 2. The highest BCUT2D eigenvalue weighted by Gasteiger charge is 2.17. The number of aromatic nitrogens is 1. The molecule has 0 aliphatic rings. The number of amides is 1. The summed E-state index contributed by atoms with van der Waals surface area (Å²) in [6.45, 7) is 4.01. The van der Waals surface area contributed by atoms with Crippen molar-refractivity contribution in [3.8, 4) is 11.8 Å². The first-order valence-electron chi connectivity index (χ1n) is 9.48. The Balaban J connectivity index is 2.01. The van der Waals surface area contributed by atoms with Gasteiger partial charge in [0, 0.05) is 18.7 Å². The van der Waals surface area contributed by atoms with Gasteiger partial charge in [0.2, 0.25) is 5.91 Å². The maximum atomic E-state index is 12.4. The first kappa shape index (κ1) is 22.2. The maximum absolute atomic E-state index is 12.4. The van der Waals surface area contributed by atoms with Crippen molar-refractivity contribution in [3.63, 3.8) is 0 Å². The van der Waals surface area contributed by atoms with E-state index in [-0.39, 0.29) is 29.5 Å². The van der Waals surface area contributed by atoms with Crippen LogP contribution >= 0.6 is 0 Å². The van der Waals surface area contributed by atoms with Gasteiger partial charge in [0.1, 0.15) is 17.4 Å². The molecular weight excluding hydrogens is 368 g/mol. The van der Waals surface area contributed by atoms with Gasteiger partial charge in [-0.05, 0) is 63.2 Å². The van der Waals surface area contributed by atoms with Gasteiger partial charge in [0.25, 0.3) is 5.56 Å². The van der Waals surface area contributed by atoms with Crippen LogP contribution in [0.4, 0.5) is 0 Å². The SMILES string of the molecule is COc1ccc(C(CNC(=O)CCc2c(C)[nH]c(=O)c(C#N)c2C)N(C)C)cc1. The number of benzene rings is 1. The summed E-state index contributed by atoms with van der Waals surface area (Å²) in [5.41, 5.74) is 2.99. The van der Waals surface area contributed by atoms with Crippen molar-refractivity contribution in [2.24, 2.45) is 0 Å². The third kappa shape index (κ3) is 5.46.